The van der Waals surface area contributed by atoms with E-state index < -0.39 is 28.6 Å². The number of ether oxygens (including phenoxy) is 1. The third-order valence-electron chi connectivity index (χ3n) is 3.89. The highest BCUT2D eigenvalue weighted by atomic mass is 32.2. The minimum atomic E-state index is -0.677. The van der Waals surface area contributed by atoms with Gasteiger partial charge in [0.15, 0.2) is 0 Å². The number of nitro benzene ring substituents is 1. The number of imide groups is 1. The quantitative estimate of drug-likeness (QED) is 0.203. The lowest BCUT2D eigenvalue weighted by Gasteiger charge is -2.14. The Labute approximate surface area is 175 Å². The lowest BCUT2D eigenvalue weighted by Crippen LogP contribution is -2.35. The Morgan fingerprint density at radius 3 is 2.79 bits per heavy atom. The SMILES string of the molecule is CC[C@@H](C)OC(=O)CN1C(=O)S/C(=C\c2ccc(SCCO)c([N+](=O)[O-])c2)C1=O. The van der Waals surface area contributed by atoms with E-state index in [9.17, 15) is 24.5 Å². The first-order valence-corrected chi connectivity index (χ1v) is 10.5. The van der Waals surface area contributed by atoms with Crippen LogP contribution in [0.3, 0.4) is 0 Å². The number of esters is 1. The number of nitrogens with zero attached hydrogens (tertiary/aromatic N) is 2. The second-order valence-electron chi connectivity index (χ2n) is 6.03. The van der Waals surface area contributed by atoms with Crippen molar-refractivity contribution in [2.45, 2.75) is 31.3 Å². The molecule has 1 aliphatic rings. The van der Waals surface area contributed by atoms with Crippen LogP contribution in [0.1, 0.15) is 25.8 Å². The van der Waals surface area contributed by atoms with Crippen molar-refractivity contribution in [2.24, 2.45) is 0 Å². The second kappa shape index (κ2) is 10.4. The van der Waals surface area contributed by atoms with Crippen molar-refractivity contribution in [1.29, 1.82) is 0 Å². The molecule has 1 saturated heterocycles. The molecule has 0 saturated carbocycles. The summed E-state index contributed by atoms with van der Waals surface area (Å²) >= 11 is 1.80. The minimum absolute atomic E-state index is 0.0661. The smallest absolute Gasteiger partial charge is 0.326 e. The molecule has 0 aliphatic carbocycles. The molecule has 1 aliphatic heterocycles. The molecule has 0 aromatic heterocycles. The fourth-order valence-electron chi connectivity index (χ4n) is 2.31. The zero-order chi connectivity index (χ0) is 21.6. The summed E-state index contributed by atoms with van der Waals surface area (Å²) < 4.78 is 5.09. The Kier molecular flexibility index (Phi) is 8.23. The fraction of sp³-hybridized carbons (Fsp3) is 0.389. The topological polar surface area (TPSA) is 127 Å². The molecule has 1 aromatic rings. The summed E-state index contributed by atoms with van der Waals surface area (Å²) in [7, 11) is 0. The number of aliphatic hydroxyl groups excluding tert-OH is 1. The summed E-state index contributed by atoms with van der Waals surface area (Å²) in [5.74, 6) is -1.02. The van der Waals surface area contributed by atoms with Crippen LogP contribution in [0.4, 0.5) is 10.5 Å². The van der Waals surface area contributed by atoms with Gasteiger partial charge in [0.05, 0.1) is 27.4 Å². The average Bonchev–Trinajstić information content (AvgIpc) is 2.93. The number of amides is 2. The molecule has 0 bridgehead atoms. The Morgan fingerprint density at radius 2 is 2.17 bits per heavy atom. The van der Waals surface area contributed by atoms with Crippen molar-refractivity contribution in [2.75, 3.05) is 18.9 Å². The number of benzene rings is 1. The van der Waals surface area contributed by atoms with Crippen molar-refractivity contribution in [1.82, 2.24) is 4.90 Å². The van der Waals surface area contributed by atoms with Gasteiger partial charge in [-0.05, 0) is 42.8 Å². The summed E-state index contributed by atoms with van der Waals surface area (Å²) in [4.78, 5) is 48.5. The van der Waals surface area contributed by atoms with E-state index in [0.717, 1.165) is 16.7 Å². The highest BCUT2D eigenvalue weighted by Gasteiger charge is 2.37. The van der Waals surface area contributed by atoms with Crippen molar-refractivity contribution in [3.05, 3.63) is 38.8 Å². The van der Waals surface area contributed by atoms with Gasteiger partial charge in [0.1, 0.15) is 6.54 Å². The van der Waals surface area contributed by atoms with E-state index in [4.69, 9.17) is 9.84 Å². The largest absolute Gasteiger partial charge is 0.461 e. The van der Waals surface area contributed by atoms with Crippen LogP contribution in [0.2, 0.25) is 0 Å². The summed E-state index contributed by atoms with van der Waals surface area (Å²) in [5.41, 5.74) is 0.214. The molecule has 0 spiro atoms. The molecule has 1 atom stereocenters. The maximum Gasteiger partial charge on any atom is 0.326 e. The molecule has 1 N–H and O–H groups in total. The van der Waals surface area contributed by atoms with Crippen LogP contribution in [-0.2, 0) is 14.3 Å². The average molecular weight is 440 g/mol. The summed E-state index contributed by atoms with van der Waals surface area (Å²) in [6.07, 6.45) is 1.66. The van der Waals surface area contributed by atoms with E-state index in [-0.39, 0.29) is 23.3 Å². The fourth-order valence-corrected chi connectivity index (χ4v) is 3.90. The molecule has 11 heteroatoms. The highest BCUT2D eigenvalue weighted by Crippen LogP contribution is 2.34. The molecule has 1 aromatic carbocycles. The number of carbonyl (C=O) groups is 3. The van der Waals surface area contributed by atoms with Gasteiger partial charge in [0.2, 0.25) is 0 Å². The predicted octanol–water partition coefficient (Wildman–Crippen LogP) is 3.06. The van der Waals surface area contributed by atoms with Gasteiger partial charge in [-0.2, -0.15) is 0 Å². The van der Waals surface area contributed by atoms with E-state index in [0.29, 0.717) is 34.4 Å². The third-order valence-corrected chi connectivity index (χ3v) is 5.84. The molecule has 9 nitrogen and oxygen atoms in total. The van der Waals surface area contributed by atoms with Gasteiger partial charge in [0, 0.05) is 11.8 Å². The number of hydrogen-bond donors (Lipinski definition) is 1. The lowest BCUT2D eigenvalue weighted by molar-refractivity contribution is -0.387. The van der Waals surface area contributed by atoms with Crippen molar-refractivity contribution < 1.29 is 29.2 Å². The summed E-state index contributed by atoms with van der Waals surface area (Å²) in [5, 5.41) is 19.6. The van der Waals surface area contributed by atoms with Gasteiger partial charge in [-0.1, -0.05) is 13.0 Å². The first-order chi connectivity index (χ1) is 13.8. The minimum Gasteiger partial charge on any atom is -0.461 e. The van der Waals surface area contributed by atoms with Crippen LogP contribution in [0.5, 0.6) is 0 Å². The first-order valence-electron chi connectivity index (χ1n) is 8.73. The zero-order valence-corrected chi connectivity index (χ0v) is 17.5. The standard InChI is InChI=1S/C18H20N2O7S2/c1-3-11(2)27-16(22)10-19-17(23)15(29-18(19)24)9-12-4-5-14(28-7-6-21)13(8-12)20(25)26/h4-5,8-9,11,21H,3,6-7,10H2,1-2H3/b15-9-/t11-/m1/s1. The third kappa shape index (κ3) is 6.05. The number of aliphatic hydroxyl groups is 1. The zero-order valence-electron chi connectivity index (χ0n) is 15.8. The van der Waals surface area contributed by atoms with Crippen molar-refractivity contribution in [3.63, 3.8) is 0 Å². The number of hydrogen-bond acceptors (Lipinski definition) is 9. The second-order valence-corrected chi connectivity index (χ2v) is 8.16. The maximum absolute atomic E-state index is 12.5. The van der Waals surface area contributed by atoms with E-state index >= 15 is 0 Å². The van der Waals surface area contributed by atoms with E-state index in [2.05, 4.69) is 0 Å². The lowest BCUT2D eigenvalue weighted by atomic mass is 10.2. The van der Waals surface area contributed by atoms with Crippen LogP contribution in [0.25, 0.3) is 6.08 Å². The van der Waals surface area contributed by atoms with Gasteiger partial charge >= 0.3 is 5.97 Å². The van der Waals surface area contributed by atoms with E-state index in [1.807, 2.05) is 6.92 Å². The Hall–Kier alpha value is -2.37. The predicted molar refractivity (Wildman–Crippen MR) is 109 cm³/mol. The van der Waals surface area contributed by atoms with E-state index in [1.54, 1.807) is 13.0 Å². The van der Waals surface area contributed by atoms with Crippen molar-refractivity contribution in [3.8, 4) is 0 Å². The molecule has 2 amide bonds. The Balaban J connectivity index is 2.19. The number of nitro groups is 1. The molecule has 2 rings (SSSR count). The number of rotatable bonds is 9. The Bertz CT molecular complexity index is 857. The molecule has 0 unspecified atom stereocenters. The Morgan fingerprint density at radius 1 is 1.45 bits per heavy atom. The first kappa shape index (κ1) is 22.9. The molecular weight excluding hydrogens is 420 g/mol. The van der Waals surface area contributed by atoms with Crippen LogP contribution in [-0.4, -0.2) is 57.1 Å². The molecular formula is C18H20N2O7S2. The van der Waals surface area contributed by atoms with Gasteiger partial charge in [-0.15, -0.1) is 11.8 Å². The van der Waals surface area contributed by atoms with Crippen molar-refractivity contribution >= 4 is 52.4 Å². The van der Waals surface area contributed by atoms with Crippen LogP contribution in [0.15, 0.2) is 28.0 Å². The molecule has 29 heavy (non-hydrogen) atoms. The van der Waals surface area contributed by atoms with Crippen LogP contribution >= 0.6 is 23.5 Å². The monoisotopic (exact) mass is 440 g/mol. The summed E-state index contributed by atoms with van der Waals surface area (Å²) in [6, 6.07) is 4.40. The highest BCUT2D eigenvalue weighted by molar-refractivity contribution is 8.18. The normalized spacial score (nSPS) is 16.4. The number of carbonyl (C=O) groups excluding carboxylic acids is 3. The van der Waals surface area contributed by atoms with Gasteiger partial charge in [0.25, 0.3) is 16.8 Å². The van der Waals surface area contributed by atoms with Gasteiger partial charge < -0.3 is 9.84 Å². The van der Waals surface area contributed by atoms with E-state index in [1.165, 1.54) is 18.2 Å². The van der Waals surface area contributed by atoms with Crippen LogP contribution in [0, 0.1) is 10.1 Å². The molecule has 1 heterocycles. The summed E-state index contributed by atoms with van der Waals surface area (Å²) in [6.45, 7) is 2.95. The molecule has 1 fully saturated rings. The molecule has 156 valence electrons. The molecule has 0 radical (unpaired) electrons. The van der Waals surface area contributed by atoms with Gasteiger partial charge in [-0.3, -0.25) is 29.4 Å². The maximum atomic E-state index is 12.5. The number of thioether (sulfide) groups is 2. The van der Waals surface area contributed by atoms with Crippen LogP contribution < -0.4 is 0 Å². The van der Waals surface area contributed by atoms with Gasteiger partial charge in [-0.25, -0.2) is 0 Å².